The van der Waals surface area contributed by atoms with E-state index in [0.29, 0.717) is 5.82 Å². The molecule has 1 atom stereocenters. The molecule has 0 saturated heterocycles. The summed E-state index contributed by atoms with van der Waals surface area (Å²) in [5.74, 6) is 1.54. The fraction of sp³-hybridized carbons (Fsp3) is 0.0161. The molecule has 1 unspecified atom stereocenters. The summed E-state index contributed by atoms with van der Waals surface area (Å²) in [6.45, 7) is 0. The number of aromatic nitrogens is 4. The van der Waals surface area contributed by atoms with Gasteiger partial charge in [-0.05, 0) is 96.1 Å². The Morgan fingerprint density at radius 3 is 1.31 bits per heavy atom. The smallest absolute Gasteiger partial charge is 0.160 e. The van der Waals surface area contributed by atoms with Crippen LogP contribution in [0.15, 0.2) is 248 Å². The molecule has 0 spiro atoms. The fourth-order valence-electron chi connectivity index (χ4n) is 9.90. The van der Waals surface area contributed by atoms with Crippen molar-refractivity contribution in [3.05, 3.63) is 259 Å². The van der Waals surface area contributed by atoms with E-state index in [2.05, 4.69) is 239 Å². The lowest BCUT2D eigenvalue weighted by Gasteiger charge is -2.24. The molecule has 1 aliphatic rings. The molecule has 0 aliphatic carbocycles. The largest absolute Gasteiger partial charge is 0.359 e. The number of nitrogens with zero attached hydrogens (tertiary/aromatic N) is 5. The summed E-state index contributed by atoms with van der Waals surface area (Å²) in [5, 5.41) is 8.52. The van der Waals surface area contributed by atoms with E-state index < -0.39 is 0 Å². The van der Waals surface area contributed by atoms with Gasteiger partial charge in [0.1, 0.15) is 5.84 Å². The van der Waals surface area contributed by atoms with Gasteiger partial charge in [-0.15, -0.1) is 0 Å². The van der Waals surface area contributed by atoms with Crippen molar-refractivity contribution in [1.82, 2.24) is 24.4 Å². The third kappa shape index (κ3) is 6.86. The minimum atomic E-state index is -0.0162. The second kappa shape index (κ2) is 16.4. The van der Waals surface area contributed by atoms with Crippen molar-refractivity contribution in [1.29, 1.82) is 0 Å². The third-order valence-corrected chi connectivity index (χ3v) is 13.2. The van der Waals surface area contributed by atoms with Crippen molar-refractivity contribution < 1.29 is 0 Å². The summed E-state index contributed by atoms with van der Waals surface area (Å²) in [6, 6.07) is 83.5. The summed E-state index contributed by atoms with van der Waals surface area (Å²) >= 11 is 0. The normalized spacial score (nSPS) is 13.7. The molecule has 12 aromatic rings. The Kier molecular flexibility index (Phi) is 9.46. The van der Waals surface area contributed by atoms with Gasteiger partial charge in [0.2, 0.25) is 0 Å². The van der Waals surface area contributed by atoms with Crippen LogP contribution in [-0.4, -0.2) is 24.9 Å². The maximum absolute atomic E-state index is 5.18. The van der Waals surface area contributed by atoms with Crippen LogP contribution in [-0.2, 0) is 0 Å². The van der Waals surface area contributed by atoms with Crippen LogP contribution in [0.5, 0.6) is 0 Å². The molecular formula is C62H42N6. The highest BCUT2D eigenvalue weighted by Crippen LogP contribution is 2.40. The molecular weight excluding hydrogens is 829 g/mol. The molecule has 6 heteroatoms. The van der Waals surface area contributed by atoms with Crippen LogP contribution in [0, 0.1) is 0 Å². The molecule has 13 rings (SSSR count). The predicted octanol–water partition coefficient (Wildman–Crippen LogP) is 14.8. The van der Waals surface area contributed by atoms with Crippen LogP contribution in [0.3, 0.4) is 0 Å². The highest BCUT2D eigenvalue weighted by atomic mass is 15.1. The zero-order valence-electron chi connectivity index (χ0n) is 36.9. The standard InChI is InChI=1S/C62H42N6/c1-5-17-41(18-6-1)53-39-54(42-19-7-2-8-20-42)64-61(63-53)45-29-33-47(34-30-45)67-57-27-15-13-25-49(57)51-38-60-52(37-59(51)67)50-26-14-16-28-58(50)68(60)48-35-31-46(32-36-48)62-65-55(43-21-9-3-10-22-43)40-56(66-62)44-23-11-4-12-24-44/h1-40,53H,(H,63,64). The first-order chi connectivity index (χ1) is 33.7. The van der Waals surface area contributed by atoms with Crippen LogP contribution < -0.4 is 5.32 Å². The summed E-state index contributed by atoms with van der Waals surface area (Å²) < 4.78 is 4.80. The second-order valence-electron chi connectivity index (χ2n) is 17.3. The first-order valence-electron chi connectivity index (χ1n) is 23.1. The number of para-hydroxylation sites is 2. The van der Waals surface area contributed by atoms with Crippen LogP contribution in [0.1, 0.15) is 22.7 Å². The average molecular weight is 871 g/mol. The number of aliphatic imine (C=N–C) groups is 1. The Balaban J connectivity index is 0.906. The van der Waals surface area contributed by atoms with Crippen LogP contribution in [0.4, 0.5) is 0 Å². The molecule has 0 fully saturated rings. The van der Waals surface area contributed by atoms with E-state index in [0.717, 1.165) is 84.2 Å². The van der Waals surface area contributed by atoms with Gasteiger partial charge in [-0.3, -0.25) is 0 Å². The predicted molar refractivity (Wildman–Crippen MR) is 280 cm³/mol. The number of hydrogen-bond donors (Lipinski definition) is 1. The van der Waals surface area contributed by atoms with Gasteiger partial charge in [-0.2, -0.15) is 0 Å². The molecule has 1 aliphatic heterocycles. The van der Waals surface area contributed by atoms with Crippen molar-refractivity contribution in [3.8, 4) is 45.3 Å². The Hall–Kier alpha value is -9.13. The molecule has 4 heterocycles. The monoisotopic (exact) mass is 870 g/mol. The molecule has 6 nitrogen and oxygen atoms in total. The Labute approximate surface area is 393 Å². The van der Waals surface area contributed by atoms with Gasteiger partial charge in [0.25, 0.3) is 0 Å². The maximum Gasteiger partial charge on any atom is 0.160 e. The molecule has 3 aromatic heterocycles. The van der Waals surface area contributed by atoms with E-state index in [-0.39, 0.29) is 6.04 Å². The maximum atomic E-state index is 5.18. The first-order valence-corrected chi connectivity index (χ1v) is 23.1. The molecule has 68 heavy (non-hydrogen) atoms. The van der Waals surface area contributed by atoms with Crippen molar-refractivity contribution in [2.45, 2.75) is 6.04 Å². The lowest BCUT2D eigenvalue weighted by Crippen LogP contribution is -2.31. The van der Waals surface area contributed by atoms with Crippen LogP contribution >= 0.6 is 0 Å². The number of nitrogens with one attached hydrogen (secondary N) is 1. The van der Waals surface area contributed by atoms with Crippen LogP contribution in [0.2, 0.25) is 0 Å². The van der Waals surface area contributed by atoms with Crippen molar-refractivity contribution in [2.75, 3.05) is 0 Å². The molecule has 0 amide bonds. The van der Waals surface area contributed by atoms with E-state index >= 15 is 0 Å². The second-order valence-corrected chi connectivity index (χ2v) is 17.3. The number of benzene rings is 9. The summed E-state index contributed by atoms with van der Waals surface area (Å²) in [6.07, 6.45) is 2.22. The van der Waals surface area contributed by atoms with E-state index in [1.54, 1.807) is 0 Å². The topological polar surface area (TPSA) is 60.0 Å². The lowest BCUT2D eigenvalue weighted by molar-refractivity contribution is 0.781. The van der Waals surface area contributed by atoms with Gasteiger partial charge in [0.05, 0.1) is 45.2 Å². The van der Waals surface area contributed by atoms with Gasteiger partial charge in [-0.25, -0.2) is 15.0 Å². The summed E-state index contributed by atoms with van der Waals surface area (Å²) in [7, 11) is 0. The molecule has 0 bridgehead atoms. The van der Waals surface area contributed by atoms with E-state index in [1.165, 1.54) is 27.1 Å². The summed E-state index contributed by atoms with van der Waals surface area (Å²) in [5.41, 5.74) is 15.9. The minimum absolute atomic E-state index is 0.0162. The van der Waals surface area contributed by atoms with Crippen molar-refractivity contribution in [3.63, 3.8) is 0 Å². The van der Waals surface area contributed by atoms with Gasteiger partial charge < -0.3 is 14.5 Å². The van der Waals surface area contributed by atoms with Gasteiger partial charge in [0.15, 0.2) is 5.82 Å². The highest BCUT2D eigenvalue weighted by Gasteiger charge is 2.22. The minimum Gasteiger partial charge on any atom is -0.359 e. The van der Waals surface area contributed by atoms with Crippen LogP contribution in [0.25, 0.3) is 94.6 Å². The SMILES string of the molecule is C1=C(c2ccccc2)N=C(c2ccc(-n3c4ccccc4c4cc5c(cc43)c3ccccc3n5-c3ccc(-c4nc(-c5ccccc5)cc(-c5ccccc5)n4)cc3)cc2)NC1c1ccccc1. The molecule has 320 valence electrons. The molecule has 0 saturated carbocycles. The first kappa shape index (κ1) is 39.3. The van der Waals surface area contributed by atoms with Gasteiger partial charge >= 0.3 is 0 Å². The van der Waals surface area contributed by atoms with Gasteiger partial charge in [-0.1, -0.05) is 158 Å². The summed E-state index contributed by atoms with van der Waals surface area (Å²) in [4.78, 5) is 15.4. The van der Waals surface area contributed by atoms with E-state index in [4.69, 9.17) is 15.0 Å². The zero-order valence-corrected chi connectivity index (χ0v) is 36.9. The quantitative estimate of drug-likeness (QED) is 0.165. The number of hydrogen-bond acceptors (Lipinski definition) is 4. The Bertz CT molecular complexity index is 3830. The number of amidine groups is 1. The average Bonchev–Trinajstić information content (AvgIpc) is 3.93. The zero-order chi connectivity index (χ0) is 45.0. The Morgan fingerprint density at radius 2 is 0.794 bits per heavy atom. The van der Waals surface area contributed by atoms with Crippen molar-refractivity contribution in [2.24, 2.45) is 4.99 Å². The number of rotatable bonds is 8. The highest BCUT2D eigenvalue weighted by molar-refractivity contribution is 6.19. The van der Waals surface area contributed by atoms with Gasteiger partial charge in [0, 0.05) is 55.2 Å². The van der Waals surface area contributed by atoms with E-state index in [9.17, 15) is 0 Å². The number of fused-ring (bicyclic) bond motifs is 6. The lowest BCUT2D eigenvalue weighted by atomic mass is 10.0. The fourth-order valence-corrected chi connectivity index (χ4v) is 9.90. The molecule has 0 radical (unpaired) electrons. The third-order valence-electron chi connectivity index (χ3n) is 13.2. The Morgan fingerprint density at radius 1 is 0.353 bits per heavy atom. The van der Waals surface area contributed by atoms with Crippen molar-refractivity contribution >= 4 is 55.1 Å². The van der Waals surface area contributed by atoms with E-state index in [1.807, 2.05) is 18.2 Å². The molecule has 9 aromatic carbocycles. The molecule has 1 N–H and O–H groups in total.